The van der Waals surface area contributed by atoms with E-state index in [1.165, 1.54) is 11.8 Å². The van der Waals surface area contributed by atoms with E-state index in [9.17, 15) is 4.79 Å². The Balaban J connectivity index is 1.04. The van der Waals surface area contributed by atoms with E-state index in [0.29, 0.717) is 40.3 Å². The summed E-state index contributed by atoms with van der Waals surface area (Å²) in [6.45, 7) is 4.97. The zero-order valence-electron chi connectivity index (χ0n) is 26.9. The van der Waals surface area contributed by atoms with Crippen LogP contribution in [0, 0.1) is 18.8 Å². The molecule has 15 heteroatoms. The lowest BCUT2D eigenvalue weighted by Gasteiger charge is -2.27. The van der Waals surface area contributed by atoms with Gasteiger partial charge in [0.25, 0.3) is 0 Å². The molecule has 3 N–H and O–H groups in total. The molecule has 49 heavy (non-hydrogen) atoms. The van der Waals surface area contributed by atoms with Gasteiger partial charge in [-0.15, -0.1) is 11.3 Å². The van der Waals surface area contributed by atoms with Gasteiger partial charge in [0.05, 0.1) is 11.2 Å². The number of pyridine rings is 1. The van der Waals surface area contributed by atoms with Crippen molar-refractivity contribution >= 4 is 63.6 Å². The Morgan fingerprint density at radius 1 is 1.18 bits per heavy atom. The number of thiazole rings is 1. The summed E-state index contributed by atoms with van der Waals surface area (Å²) in [6.07, 6.45) is 6.68. The van der Waals surface area contributed by atoms with E-state index in [1.807, 2.05) is 54.2 Å². The summed E-state index contributed by atoms with van der Waals surface area (Å²) in [7, 11) is 0. The molecule has 8 rings (SSSR count). The first kappa shape index (κ1) is 32.2. The smallest absolute Gasteiger partial charge is 0.407 e. The van der Waals surface area contributed by atoms with Gasteiger partial charge in [-0.2, -0.15) is 5.10 Å². The fraction of sp³-hybridized carbons (Fsp3) is 0.412. The van der Waals surface area contributed by atoms with Crippen LogP contribution in [0.1, 0.15) is 48.2 Å². The van der Waals surface area contributed by atoms with Crippen molar-refractivity contribution in [1.82, 2.24) is 35.0 Å². The zero-order chi connectivity index (χ0) is 33.5. The van der Waals surface area contributed by atoms with Gasteiger partial charge >= 0.3 is 6.09 Å². The highest BCUT2D eigenvalue weighted by Gasteiger charge is 2.68. The van der Waals surface area contributed by atoms with E-state index < -0.39 is 6.09 Å². The van der Waals surface area contributed by atoms with Gasteiger partial charge in [-0.05, 0) is 56.1 Å². The number of benzene rings is 1. The fourth-order valence-corrected chi connectivity index (χ4v) is 9.49. The monoisotopic (exact) mass is 717 g/mol. The third-order valence-corrected chi connectivity index (χ3v) is 12.5. The van der Waals surface area contributed by atoms with Crippen LogP contribution in [0.25, 0.3) is 11.2 Å². The summed E-state index contributed by atoms with van der Waals surface area (Å²) in [5.74, 6) is 1.74. The molecule has 4 aromatic heterocycles. The molecule has 2 aliphatic heterocycles. The van der Waals surface area contributed by atoms with Crippen LogP contribution < -0.4 is 16.0 Å². The van der Waals surface area contributed by atoms with E-state index in [-0.39, 0.29) is 30.0 Å². The van der Waals surface area contributed by atoms with Gasteiger partial charge in [-0.3, -0.25) is 0 Å². The molecule has 4 atom stereocenters. The molecule has 5 aromatic rings. The summed E-state index contributed by atoms with van der Waals surface area (Å²) in [6, 6.07) is 11.5. The maximum atomic E-state index is 12.8. The molecule has 2 saturated heterocycles. The Hall–Kier alpha value is -3.98. The van der Waals surface area contributed by atoms with E-state index in [2.05, 4.69) is 20.6 Å². The highest BCUT2D eigenvalue weighted by atomic mass is 35.5. The van der Waals surface area contributed by atoms with Crippen LogP contribution in [0.15, 0.2) is 64.1 Å². The van der Waals surface area contributed by atoms with E-state index >= 15 is 0 Å². The summed E-state index contributed by atoms with van der Waals surface area (Å²) in [5.41, 5.74) is 9.02. The van der Waals surface area contributed by atoms with Crippen LogP contribution in [0.2, 0.25) is 5.02 Å². The van der Waals surface area contributed by atoms with Gasteiger partial charge in [-0.25, -0.2) is 29.4 Å². The molecule has 1 aliphatic carbocycles. The first-order valence-electron chi connectivity index (χ1n) is 16.5. The Labute approximate surface area is 296 Å². The molecule has 0 radical (unpaired) electrons. The number of aromatic nitrogens is 6. The van der Waals surface area contributed by atoms with Gasteiger partial charge in [0.15, 0.2) is 16.9 Å². The van der Waals surface area contributed by atoms with Crippen LogP contribution in [-0.4, -0.2) is 62.1 Å². The number of nitrogens with zero attached hydrogens (tertiary/aromatic N) is 7. The molecule has 4 unspecified atom stereocenters. The number of fused-ring (bicyclic) bond motifs is 2. The van der Waals surface area contributed by atoms with Gasteiger partial charge in [0.1, 0.15) is 28.8 Å². The second kappa shape index (κ2) is 13.4. The minimum Gasteiger partial charge on any atom is -0.445 e. The topological polar surface area (TPSA) is 146 Å². The average molecular weight is 718 g/mol. The van der Waals surface area contributed by atoms with Crippen LogP contribution in [0.3, 0.4) is 0 Å². The van der Waals surface area contributed by atoms with E-state index in [4.69, 9.17) is 46.9 Å². The Bertz CT molecular complexity index is 1990. The molecule has 0 spiro atoms. The van der Waals surface area contributed by atoms with Crippen LogP contribution in [-0.2, 0) is 21.5 Å². The lowest BCUT2D eigenvalue weighted by molar-refractivity contribution is -0.0376. The molecule has 12 nitrogen and oxygen atoms in total. The largest absolute Gasteiger partial charge is 0.445 e. The third-order valence-electron chi connectivity index (χ3n) is 9.78. The van der Waals surface area contributed by atoms with Crippen LogP contribution in [0.4, 0.5) is 16.4 Å². The first-order chi connectivity index (χ1) is 23.9. The predicted octanol–water partition coefficient (Wildman–Crippen LogP) is 6.39. The number of hydrogen-bond donors (Lipinski definition) is 2. The normalized spacial score (nSPS) is 23.3. The molecular weight excluding hydrogens is 682 g/mol. The van der Waals surface area contributed by atoms with Crippen molar-refractivity contribution in [2.24, 2.45) is 11.8 Å². The van der Waals surface area contributed by atoms with Crippen molar-refractivity contribution in [3.8, 4) is 0 Å². The Morgan fingerprint density at radius 2 is 2.06 bits per heavy atom. The van der Waals surface area contributed by atoms with Gasteiger partial charge < -0.3 is 25.4 Å². The van der Waals surface area contributed by atoms with Crippen molar-refractivity contribution in [2.75, 3.05) is 36.9 Å². The number of carbonyl (C=O) groups excluding carboxylic acids is 1. The minimum atomic E-state index is -0.420. The maximum absolute atomic E-state index is 12.8. The molecule has 3 fully saturated rings. The predicted molar refractivity (Wildman–Crippen MR) is 189 cm³/mol. The summed E-state index contributed by atoms with van der Waals surface area (Å²) >= 11 is 9.56. The number of nitrogens with two attached hydrogens (primary N) is 1. The number of amides is 1. The number of anilines is 2. The number of hydrogen-bond acceptors (Lipinski definition) is 12. The highest BCUT2D eigenvalue weighted by molar-refractivity contribution is 7.99. The SMILES string of the molecule is Cc1csc(C2(CNC(=O)OCc3ccccc3)C3CCN(c4cnc5c(Sc6ccnc(N)c6Cl)nn(C6CCCCO6)c5n4)CC32)n1. The Kier molecular flexibility index (Phi) is 8.81. The van der Waals surface area contributed by atoms with Crippen molar-refractivity contribution < 1.29 is 14.3 Å². The van der Waals surface area contributed by atoms with Crippen LogP contribution >= 0.6 is 34.7 Å². The van der Waals surface area contributed by atoms with Crippen molar-refractivity contribution in [3.63, 3.8) is 0 Å². The quantitative estimate of drug-likeness (QED) is 0.175. The summed E-state index contributed by atoms with van der Waals surface area (Å²) < 4.78 is 13.6. The zero-order valence-corrected chi connectivity index (χ0v) is 29.3. The van der Waals surface area contributed by atoms with Crippen LogP contribution in [0.5, 0.6) is 0 Å². The van der Waals surface area contributed by atoms with Crippen molar-refractivity contribution in [1.29, 1.82) is 0 Å². The first-order valence-corrected chi connectivity index (χ1v) is 18.5. The molecule has 6 heterocycles. The molecule has 3 aliphatic rings. The molecule has 0 bridgehead atoms. The molecule has 254 valence electrons. The maximum Gasteiger partial charge on any atom is 0.407 e. The molecule has 1 aromatic carbocycles. The van der Waals surface area contributed by atoms with Gasteiger partial charge in [0.2, 0.25) is 0 Å². The molecular formula is C34H36ClN9O3S2. The summed E-state index contributed by atoms with van der Waals surface area (Å²) in [4.78, 5) is 35.0. The third kappa shape index (κ3) is 6.19. The Morgan fingerprint density at radius 3 is 2.86 bits per heavy atom. The number of carbonyl (C=O) groups is 1. The van der Waals surface area contributed by atoms with Crippen molar-refractivity contribution in [3.05, 3.63) is 75.5 Å². The second-order valence-electron chi connectivity index (χ2n) is 12.8. The fourth-order valence-electron chi connectivity index (χ4n) is 7.24. The molecule has 1 saturated carbocycles. The average Bonchev–Trinajstić information content (AvgIpc) is 3.34. The lowest BCUT2D eigenvalue weighted by atomic mass is 10.0. The van der Waals surface area contributed by atoms with Gasteiger partial charge in [0, 0.05) is 53.8 Å². The number of ether oxygens (including phenoxy) is 2. The number of piperidine rings is 1. The number of nitrogen functional groups attached to an aromatic ring is 1. The van der Waals surface area contributed by atoms with Crippen molar-refractivity contribution in [2.45, 2.75) is 60.8 Å². The number of alkyl carbamates (subject to hydrolysis) is 1. The van der Waals surface area contributed by atoms with E-state index in [1.54, 1.807) is 17.5 Å². The highest BCUT2D eigenvalue weighted by Crippen LogP contribution is 2.64. The molecule has 1 amide bonds. The number of nitrogens with one attached hydrogen (secondary N) is 1. The number of halogens is 1. The summed E-state index contributed by atoms with van der Waals surface area (Å²) in [5, 5.41) is 12.3. The minimum absolute atomic E-state index is 0.226. The van der Waals surface area contributed by atoms with E-state index in [0.717, 1.165) is 65.8 Å². The second-order valence-corrected chi connectivity index (χ2v) is 15.0. The standard InChI is InChI=1S/C34H36ClN9O3S2/c1-20-18-48-32(40-20)34(19-39-33(45)47-17-21-7-3-2-4-8-21)22-11-13-43(16-23(22)34)25-15-38-28-30(41-25)44(26-9-5-6-14-46-26)42-31(28)49-24-10-12-37-29(36)27(24)35/h2-4,7-8,10,12,15,18,22-23,26H,5-6,9,11,13-14,16-17,19H2,1H3,(H2,36,37)(H,39,45). The lowest BCUT2D eigenvalue weighted by Crippen LogP contribution is -2.35. The number of rotatable bonds is 9. The number of aryl methyl sites for hydroxylation is 1. The van der Waals surface area contributed by atoms with Gasteiger partial charge in [-0.1, -0.05) is 53.7 Å².